The largest absolute Gasteiger partial charge is 0.456 e. The maximum Gasteiger partial charge on any atom is 0.136 e. The van der Waals surface area contributed by atoms with Gasteiger partial charge in [0.05, 0.1) is 27.8 Å². The summed E-state index contributed by atoms with van der Waals surface area (Å²) in [5, 5.41) is 9.70. The fraction of sp³-hybridized carbons (Fsp3) is 0. The normalized spacial score (nSPS) is 12.0. The van der Waals surface area contributed by atoms with Crippen molar-refractivity contribution >= 4 is 76.3 Å². The summed E-state index contributed by atoms with van der Waals surface area (Å²) in [6.07, 6.45) is 0. The maximum absolute atomic E-state index is 6.30. The molecule has 0 radical (unpaired) electrons. The van der Waals surface area contributed by atoms with Crippen molar-refractivity contribution in [3.63, 3.8) is 0 Å². The first-order valence-electron chi connectivity index (χ1n) is 18.8. The van der Waals surface area contributed by atoms with Crippen LogP contribution in [0.1, 0.15) is 0 Å². The number of rotatable bonds is 4. The lowest BCUT2D eigenvalue weighted by Gasteiger charge is -2.14. The molecule has 0 unspecified atom stereocenters. The van der Waals surface area contributed by atoms with Crippen molar-refractivity contribution in [3.8, 4) is 33.6 Å². The van der Waals surface area contributed by atoms with Crippen molar-refractivity contribution < 1.29 is 4.42 Å². The zero-order valence-electron chi connectivity index (χ0n) is 29.8. The van der Waals surface area contributed by atoms with Gasteiger partial charge in [0, 0.05) is 43.4 Å². The minimum Gasteiger partial charge on any atom is -0.456 e. The fourth-order valence-electron chi connectivity index (χ4n) is 9.05. The summed E-state index contributed by atoms with van der Waals surface area (Å²) in [4.78, 5) is 0. The number of benzene rings is 9. The first-order valence-corrected chi connectivity index (χ1v) is 18.8. The van der Waals surface area contributed by atoms with E-state index in [1.165, 1.54) is 71.1 Å². The SMILES string of the molecule is c1ccc(-n2c3ccccc3c3ccc(-c4ccc5c(c4)c4ccccc4n5-c4cccc5c(-c6ccc7c(c6)oc6ccccc67)cccc45)cc32)cc1. The van der Waals surface area contributed by atoms with Crippen molar-refractivity contribution in [1.29, 1.82) is 0 Å². The number of furan rings is 1. The van der Waals surface area contributed by atoms with Gasteiger partial charge in [0.1, 0.15) is 11.2 Å². The third kappa shape index (κ3) is 4.44. The van der Waals surface area contributed by atoms with Gasteiger partial charge in [-0.25, -0.2) is 0 Å². The summed E-state index contributed by atoms with van der Waals surface area (Å²) in [5.41, 5.74) is 13.7. The Morgan fingerprint density at radius 1 is 0.291 bits per heavy atom. The van der Waals surface area contributed by atoms with Crippen LogP contribution in [0.5, 0.6) is 0 Å². The summed E-state index contributed by atoms with van der Waals surface area (Å²) in [7, 11) is 0. The molecule has 12 aromatic rings. The zero-order valence-corrected chi connectivity index (χ0v) is 29.8. The lowest BCUT2D eigenvalue weighted by atomic mass is 9.96. The van der Waals surface area contributed by atoms with Gasteiger partial charge >= 0.3 is 0 Å². The number of hydrogen-bond acceptors (Lipinski definition) is 1. The van der Waals surface area contributed by atoms with Crippen molar-refractivity contribution in [3.05, 3.63) is 194 Å². The molecular formula is C52H32N2O. The quantitative estimate of drug-likeness (QED) is 0.179. The Hall–Kier alpha value is -7.36. The Morgan fingerprint density at radius 2 is 0.873 bits per heavy atom. The van der Waals surface area contributed by atoms with Crippen LogP contribution in [0.25, 0.3) is 110 Å². The van der Waals surface area contributed by atoms with Crippen LogP contribution in [0.2, 0.25) is 0 Å². The molecule has 0 fully saturated rings. The number of para-hydroxylation sites is 4. The Labute approximate surface area is 316 Å². The highest BCUT2D eigenvalue weighted by atomic mass is 16.3. The second-order valence-corrected chi connectivity index (χ2v) is 14.5. The zero-order chi connectivity index (χ0) is 36.0. The molecule has 0 aliphatic carbocycles. The molecule has 0 atom stereocenters. The molecule has 0 aliphatic heterocycles. The van der Waals surface area contributed by atoms with E-state index < -0.39 is 0 Å². The molecule has 0 N–H and O–H groups in total. The molecule has 55 heavy (non-hydrogen) atoms. The van der Waals surface area contributed by atoms with E-state index in [4.69, 9.17) is 4.42 Å². The van der Waals surface area contributed by atoms with Crippen LogP contribution in [-0.2, 0) is 0 Å². The van der Waals surface area contributed by atoms with E-state index in [9.17, 15) is 0 Å². The summed E-state index contributed by atoms with van der Waals surface area (Å²) in [5.74, 6) is 0. The average Bonchev–Trinajstić information content (AvgIpc) is 3.90. The minimum absolute atomic E-state index is 0.908. The summed E-state index contributed by atoms with van der Waals surface area (Å²) in [6, 6.07) is 70.3. The van der Waals surface area contributed by atoms with Gasteiger partial charge in [-0.15, -0.1) is 0 Å². The number of fused-ring (bicyclic) bond motifs is 10. The molecule has 3 aromatic heterocycles. The third-order valence-corrected chi connectivity index (χ3v) is 11.5. The van der Waals surface area contributed by atoms with Gasteiger partial charge < -0.3 is 13.6 Å². The molecule has 0 amide bonds. The number of nitrogens with zero attached hydrogens (tertiary/aromatic N) is 2. The van der Waals surface area contributed by atoms with Crippen LogP contribution < -0.4 is 0 Å². The molecule has 9 aromatic carbocycles. The molecule has 12 rings (SSSR count). The van der Waals surface area contributed by atoms with Gasteiger partial charge in [0.15, 0.2) is 0 Å². The van der Waals surface area contributed by atoms with Gasteiger partial charge in [-0.2, -0.15) is 0 Å². The molecule has 0 saturated heterocycles. The highest BCUT2D eigenvalue weighted by molar-refractivity contribution is 6.14. The smallest absolute Gasteiger partial charge is 0.136 e. The Bertz CT molecular complexity index is 3490. The van der Waals surface area contributed by atoms with Crippen molar-refractivity contribution in [2.45, 2.75) is 0 Å². The molecule has 3 nitrogen and oxygen atoms in total. The second-order valence-electron chi connectivity index (χ2n) is 14.5. The summed E-state index contributed by atoms with van der Waals surface area (Å²) in [6.45, 7) is 0. The van der Waals surface area contributed by atoms with Crippen LogP contribution in [0.15, 0.2) is 199 Å². The second kappa shape index (κ2) is 11.6. The standard InChI is InChI=1S/C52H32N2O/c1-2-12-36(13-3-1)53-46-20-7-4-14-40(46)42-27-24-34(31-50(42)53)33-26-29-49-45(30-33)41-15-5-8-21-47(41)54(49)48-22-11-18-38-37(17-10-19-39(38)48)35-25-28-44-43-16-6-9-23-51(43)55-52(44)32-35/h1-32H. The van der Waals surface area contributed by atoms with Crippen LogP contribution in [-0.4, -0.2) is 9.13 Å². The Kier molecular flexibility index (Phi) is 6.34. The molecule has 0 spiro atoms. The summed E-state index contributed by atoms with van der Waals surface area (Å²) < 4.78 is 11.1. The van der Waals surface area contributed by atoms with Crippen molar-refractivity contribution in [2.24, 2.45) is 0 Å². The van der Waals surface area contributed by atoms with Gasteiger partial charge in [0.25, 0.3) is 0 Å². The highest BCUT2D eigenvalue weighted by Crippen LogP contribution is 2.41. The molecular weight excluding hydrogens is 669 g/mol. The predicted octanol–water partition coefficient (Wildman–Crippen LogP) is 14.3. The predicted molar refractivity (Wildman–Crippen MR) is 231 cm³/mol. The van der Waals surface area contributed by atoms with E-state index in [-0.39, 0.29) is 0 Å². The van der Waals surface area contributed by atoms with Crippen LogP contribution in [0.3, 0.4) is 0 Å². The van der Waals surface area contributed by atoms with E-state index in [1.54, 1.807) is 0 Å². The van der Waals surface area contributed by atoms with Gasteiger partial charge in [-0.3, -0.25) is 0 Å². The highest BCUT2D eigenvalue weighted by Gasteiger charge is 2.18. The van der Waals surface area contributed by atoms with E-state index in [1.807, 2.05) is 12.1 Å². The Balaban J connectivity index is 1.03. The fourth-order valence-corrected chi connectivity index (χ4v) is 9.05. The third-order valence-electron chi connectivity index (χ3n) is 11.5. The van der Waals surface area contributed by atoms with Crippen molar-refractivity contribution in [2.75, 3.05) is 0 Å². The van der Waals surface area contributed by atoms with Gasteiger partial charge in [-0.1, -0.05) is 127 Å². The molecule has 0 bridgehead atoms. The van der Waals surface area contributed by atoms with E-state index in [0.29, 0.717) is 0 Å². The van der Waals surface area contributed by atoms with Gasteiger partial charge in [0.2, 0.25) is 0 Å². The maximum atomic E-state index is 6.30. The molecule has 3 heterocycles. The minimum atomic E-state index is 0.908. The topological polar surface area (TPSA) is 23.0 Å². The lowest BCUT2D eigenvalue weighted by Crippen LogP contribution is -1.96. The molecule has 0 saturated carbocycles. The van der Waals surface area contributed by atoms with E-state index in [0.717, 1.165) is 38.9 Å². The average molecular weight is 701 g/mol. The van der Waals surface area contributed by atoms with Crippen LogP contribution >= 0.6 is 0 Å². The molecule has 0 aliphatic rings. The number of aromatic nitrogens is 2. The number of hydrogen-bond donors (Lipinski definition) is 0. The van der Waals surface area contributed by atoms with Crippen LogP contribution in [0, 0.1) is 0 Å². The first-order chi connectivity index (χ1) is 27.3. The lowest BCUT2D eigenvalue weighted by molar-refractivity contribution is 0.669. The van der Waals surface area contributed by atoms with E-state index in [2.05, 4.69) is 191 Å². The Morgan fingerprint density at radius 3 is 1.75 bits per heavy atom. The molecule has 3 heteroatoms. The van der Waals surface area contributed by atoms with Gasteiger partial charge in [-0.05, 0) is 94.4 Å². The van der Waals surface area contributed by atoms with Crippen molar-refractivity contribution in [1.82, 2.24) is 9.13 Å². The first kappa shape index (κ1) is 30.1. The summed E-state index contributed by atoms with van der Waals surface area (Å²) >= 11 is 0. The molecule has 256 valence electrons. The van der Waals surface area contributed by atoms with Crippen LogP contribution in [0.4, 0.5) is 0 Å². The van der Waals surface area contributed by atoms with E-state index >= 15 is 0 Å². The monoisotopic (exact) mass is 700 g/mol.